The highest BCUT2D eigenvalue weighted by atomic mass is 32.2. The van der Waals surface area contributed by atoms with Crippen LogP contribution in [0.1, 0.15) is 24.0 Å². The highest BCUT2D eigenvalue weighted by Crippen LogP contribution is 2.29. The lowest BCUT2D eigenvalue weighted by molar-refractivity contribution is 0.221. The minimum Gasteiger partial charge on any atom is -0.488 e. The molecule has 0 saturated carbocycles. The summed E-state index contributed by atoms with van der Waals surface area (Å²) in [6, 6.07) is 6.33. The fourth-order valence-corrected chi connectivity index (χ4v) is 4.72. The Morgan fingerprint density at radius 3 is 3.05 bits per heavy atom. The molecule has 0 amide bonds. The molecule has 1 N–H and O–H groups in total. The normalized spacial score (nSPS) is 27.9. The average Bonchev–Trinajstić information content (AvgIpc) is 2.77. The zero-order valence-electron chi connectivity index (χ0n) is 11.8. The average molecular weight is 295 g/mol. The number of rotatable bonds is 3. The van der Waals surface area contributed by atoms with Crippen molar-refractivity contribution in [1.82, 2.24) is 5.32 Å². The molecule has 2 atom stereocenters. The van der Waals surface area contributed by atoms with E-state index in [1.54, 1.807) is 0 Å². The van der Waals surface area contributed by atoms with Gasteiger partial charge in [-0.15, -0.1) is 0 Å². The second-order valence-corrected chi connectivity index (χ2v) is 8.15. The van der Waals surface area contributed by atoms with Gasteiger partial charge in [0.15, 0.2) is 9.84 Å². The van der Waals surface area contributed by atoms with Crippen LogP contribution in [-0.4, -0.2) is 38.6 Å². The topological polar surface area (TPSA) is 55.4 Å². The lowest BCUT2D eigenvalue weighted by atomic mass is 10.1. The smallest absolute Gasteiger partial charge is 0.151 e. The quantitative estimate of drug-likeness (QED) is 0.917. The van der Waals surface area contributed by atoms with Gasteiger partial charge in [0.1, 0.15) is 11.9 Å². The molecular weight excluding hydrogens is 274 g/mol. The highest BCUT2D eigenvalue weighted by Gasteiger charge is 2.27. The number of benzene rings is 1. The van der Waals surface area contributed by atoms with Gasteiger partial charge >= 0.3 is 0 Å². The number of aryl methyl sites for hydroxylation is 1. The van der Waals surface area contributed by atoms with Crippen molar-refractivity contribution in [2.24, 2.45) is 0 Å². The van der Waals surface area contributed by atoms with Crippen molar-refractivity contribution in [1.29, 1.82) is 0 Å². The van der Waals surface area contributed by atoms with Crippen LogP contribution in [0.15, 0.2) is 18.2 Å². The van der Waals surface area contributed by atoms with Crippen LogP contribution in [0.4, 0.5) is 0 Å². The maximum Gasteiger partial charge on any atom is 0.151 e. The Kier molecular flexibility index (Phi) is 3.73. The van der Waals surface area contributed by atoms with Gasteiger partial charge in [-0.1, -0.05) is 17.7 Å². The third kappa shape index (κ3) is 3.15. The lowest BCUT2D eigenvalue weighted by Gasteiger charge is -2.24. The molecule has 1 fully saturated rings. The number of hydrogen-bond acceptors (Lipinski definition) is 4. The number of hydrogen-bond donors (Lipinski definition) is 1. The largest absolute Gasteiger partial charge is 0.488 e. The number of fused-ring (bicyclic) bond motifs is 1. The third-order valence-corrected chi connectivity index (χ3v) is 5.88. The van der Waals surface area contributed by atoms with Crippen LogP contribution < -0.4 is 10.1 Å². The Labute approximate surface area is 120 Å². The second-order valence-electron chi connectivity index (χ2n) is 5.92. The Morgan fingerprint density at radius 2 is 2.25 bits per heavy atom. The van der Waals surface area contributed by atoms with Crippen molar-refractivity contribution in [2.45, 2.75) is 38.3 Å². The zero-order chi connectivity index (χ0) is 14.2. The Hall–Kier alpha value is -1.07. The predicted octanol–water partition coefficient (Wildman–Crippen LogP) is 1.47. The van der Waals surface area contributed by atoms with E-state index in [2.05, 4.69) is 24.4 Å². The zero-order valence-corrected chi connectivity index (χ0v) is 12.6. The maximum atomic E-state index is 11.6. The number of ether oxygens (including phenoxy) is 1. The van der Waals surface area contributed by atoms with E-state index in [0.717, 1.165) is 25.0 Å². The van der Waals surface area contributed by atoms with Crippen molar-refractivity contribution in [2.75, 3.05) is 18.1 Å². The molecule has 2 aliphatic heterocycles. The van der Waals surface area contributed by atoms with Gasteiger partial charge in [0.05, 0.1) is 11.5 Å². The van der Waals surface area contributed by atoms with E-state index in [0.29, 0.717) is 12.3 Å². The van der Waals surface area contributed by atoms with Crippen LogP contribution in [0, 0.1) is 6.92 Å². The minimum atomic E-state index is -2.84. The van der Waals surface area contributed by atoms with E-state index >= 15 is 0 Å². The van der Waals surface area contributed by atoms with E-state index in [1.165, 1.54) is 11.1 Å². The van der Waals surface area contributed by atoms with E-state index in [4.69, 9.17) is 4.74 Å². The van der Waals surface area contributed by atoms with Crippen molar-refractivity contribution >= 4 is 9.84 Å². The summed E-state index contributed by atoms with van der Waals surface area (Å²) in [6.07, 6.45) is 2.74. The summed E-state index contributed by atoms with van der Waals surface area (Å²) in [5.41, 5.74) is 2.51. The van der Waals surface area contributed by atoms with E-state index in [1.807, 2.05) is 6.07 Å². The van der Waals surface area contributed by atoms with Gasteiger partial charge in [0, 0.05) is 19.0 Å². The first kappa shape index (κ1) is 13.9. The van der Waals surface area contributed by atoms with Gasteiger partial charge in [-0.05, 0) is 31.4 Å². The molecule has 2 heterocycles. The van der Waals surface area contributed by atoms with Crippen LogP contribution in [0.2, 0.25) is 0 Å². The van der Waals surface area contributed by atoms with Gasteiger partial charge in [0.25, 0.3) is 0 Å². The molecule has 1 aromatic rings. The van der Waals surface area contributed by atoms with Gasteiger partial charge in [-0.2, -0.15) is 0 Å². The van der Waals surface area contributed by atoms with Crippen molar-refractivity contribution in [3.05, 3.63) is 29.3 Å². The molecular formula is C15H21NO3S. The Bertz CT molecular complexity index is 597. The van der Waals surface area contributed by atoms with Gasteiger partial charge in [0.2, 0.25) is 0 Å². The predicted molar refractivity (Wildman–Crippen MR) is 79.0 cm³/mol. The van der Waals surface area contributed by atoms with E-state index in [-0.39, 0.29) is 17.9 Å². The van der Waals surface area contributed by atoms with Crippen LogP contribution in [0.5, 0.6) is 5.75 Å². The van der Waals surface area contributed by atoms with Gasteiger partial charge in [-0.25, -0.2) is 8.42 Å². The molecule has 1 aromatic carbocycles. The molecule has 0 bridgehead atoms. The summed E-state index contributed by atoms with van der Waals surface area (Å²) in [4.78, 5) is 0. The molecule has 0 aromatic heterocycles. The molecule has 2 unspecified atom stereocenters. The molecule has 1 saturated heterocycles. The van der Waals surface area contributed by atoms with Crippen molar-refractivity contribution in [3.8, 4) is 5.75 Å². The molecule has 3 rings (SSSR count). The summed E-state index contributed by atoms with van der Waals surface area (Å²) >= 11 is 0. The summed E-state index contributed by atoms with van der Waals surface area (Å²) in [5.74, 6) is 1.58. The summed E-state index contributed by atoms with van der Waals surface area (Å²) in [6.45, 7) is 2.80. The second kappa shape index (κ2) is 5.37. The molecule has 110 valence electrons. The number of sulfone groups is 1. The maximum absolute atomic E-state index is 11.6. The Balaban J connectivity index is 1.54. The molecule has 20 heavy (non-hydrogen) atoms. The Morgan fingerprint density at radius 1 is 1.40 bits per heavy atom. The lowest BCUT2D eigenvalue weighted by Crippen LogP contribution is -2.44. The fraction of sp³-hybridized carbons (Fsp3) is 0.600. The summed E-state index contributed by atoms with van der Waals surface area (Å²) in [7, 11) is -2.84. The third-order valence-electron chi connectivity index (χ3n) is 4.05. The summed E-state index contributed by atoms with van der Waals surface area (Å²) < 4.78 is 29.1. The van der Waals surface area contributed by atoms with Gasteiger partial charge < -0.3 is 10.1 Å². The van der Waals surface area contributed by atoms with Crippen molar-refractivity contribution in [3.63, 3.8) is 0 Å². The van der Waals surface area contributed by atoms with Crippen LogP contribution in [0.3, 0.4) is 0 Å². The molecule has 0 spiro atoms. The molecule has 4 nitrogen and oxygen atoms in total. The highest BCUT2D eigenvalue weighted by molar-refractivity contribution is 7.91. The van der Waals surface area contributed by atoms with Crippen LogP contribution in [0.25, 0.3) is 0 Å². The molecule has 0 aliphatic carbocycles. The van der Waals surface area contributed by atoms with Gasteiger partial charge in [-0.3, -0.25) is 0 Å². The first-order chi connectivity index (χ1) is 9.52. The minimum absolute atomic E-state index is 0.0859. The van der Waals surface area contributed by atoms with Crippen LogP contribution >= 0.6 is 0 Å². The van der Waals surface area contributed by atoms with E-state index in [9.17, 15) is 8.42 Å². The monoisotopic (exact) mass is 295 g/mol. The van der Waals surface area contributed by atoms with E-state index < -0.39 is 9.84 Å². The first-order valence-corrected chi connectivity index (χ1v) is 9.04. The number of nitrogens with one attached hydrogen (secondary N) is 1. The van der Waals surface area contributed by atoms with Crippen LogP contribution in [-0.2, 0) is 16.3 Å². The summed E-state index contributed by atoms with van der Waals surface area (Å²) in [5, 5.41) is 3.36. The fourth-order valence-electron chi connectivity index (χ4n) is 3.05. The standard InChI is InChI=1S/C15H21NO3S/c1-11-4-5-15-12(7-11)8-14(19-15)9-16-13-3-2-6-20(17,18)10-13/h4-5,7,13-14,16H,2-3,6,8-10H2,1H3. The SMILES string of the molecule is Cc1ccc2c(c1)CC(CNC1CCCS(=O)(=O)C1)O2. The first-order valence-electron chi connectivity index (χ1n) is 7.22. The molecule has 2 aliphatic rings. The molecule has 0 radical (unpaired) electrons. The van der Waals surface area contributed by atoms with Crippen molar-refractivity contribution < 1.29 is 13.2 Å². The molecule has 5 heteroatoms.